The summed E-state index contributed by atoms with van der Waals surface area (Å²) in [5, 5.41) is 3.11. The van der Waals surface area contributed by atoms with E-state index in [4.69, 9.17) is 20.4 Å². The Morgan fingerprint density at radius 2 is 1.97 bits per heavy atom. The third-order valence-electron chi connectivity index (χ3n) is 6.34. The van der Waals surface area contributed by atoms with E-state index in [9.17, 15) is 4.39 Å². The molecule has 2 aliphatic rings. The fraction of sp³-hybridized carbons (Fsp3) is 0.375. The Morgan fingerprint density at radius 1 is 1.19 bits per heavy atom. The number of aryl methyl sites for hydroxylation is 1. The van der Waals surface area contributed by atoms with E-state index >= 15 is 0 Å². The van der Waals surface area contributed by atoms with Crippen molar-refractivity contribution in [3.05, 3.63) is 53.2 Å². The van der Waals surface area contributed by atoms with Crippen LogP contribution in [-0.2, 0) is 6.42 Å². The molecule has 1 aliphatic carbocycles. The Bertz CT molecular complexity index is 1170. The minimum atomic E-state index is -0.286. The first-order valence-corrected chi connectivity index (χ1v) is 10.9. The lowest BCUT2D eigenvalue weighted by atomic mass is 9.91. The number of anilines is 2. The molecule has 3 aromatic rings. The minimum absolute atomic E-state index is 0.192. The summed E-state index contributed by atoms with van der Waals surface area (Å²) >= 11 is 0. The topological polar surface area (TPSA) is 89.2 Å². The third kappa shape index (κ3) is 3.75. The summed E-state index contributed by atoms with van der Waals surface area (Å²) in [6.07, 6.45) is 3.94. The number of nitrogens with zero attached hydrogens (tertiary/aromatic N) is 4. The molecule has 8 heteroatoms. The smallest absolute Gasteiger partial charge is 0.324 e. The molecule has 1 saturated heterocycles. The van der Waals surface area contributed by atoms with Gasteiger partial charge in [-0.2, -0.15) is 9.97 Å². The second kappa shape index (κ2) is 7.70. The second-order valence-corrected chi connectivity index (χ2v) is 8.94. The van der Waals surface area contributed by atoms with Crippen molar-refractivity contribution in [2.75, 3.05) is 30.4 Å². The number of benzene rings is 1. The van der Waals surface area contributed by atoms with Gasteiger partial charge in [0.2, 0.25) is 0 Å². The lowest BCUT2D eigenvalue weighted by Crippen LogP contribution is -2.48. The molecule has 7 nitrogen and oxygen atoms in total. The number of halogens is 1. The molecule has 0 unspecified atom stereocenters. The monoisotopic (exact) mass is 434 g/mol. The van der Waals surface area contributed by atoms with Crippen molar-refractivity contribution in [2.24, 2.45) is 5.73 Å². The molecular weight excluding hydrogens is 407 g/mol. The number of fused-ring (bicyclic) bond motifs is 3. The fourth-order valence-electron chi connectivity index (χ4n) is 4.44. The van der Waals surface area contributed by atoms with Crippen molar-refractivity contribution >= 4 is 11.5 Å². The second-order valence-electron chi connectivity index (χ2n) is 8.94. The molecule has 3 N–H and O–H groups in total. The molecule has 2 aromatic heterocycles. The molecule has 0 radical (unpaired) electrons. The molecule has 5 rings (SSSR count). The van der Waals surface area contributed by atoms with E-state index in [0.29, 0.717) is 12.2 Å². The Hall–Kier alpha value is -3.26. The first-order chi connectivity index (χ1) is 15.3. The van der Waals surface area contributed by atoms with Gasteiger partial charge in [-0.05, 0) is 62.1 Å². The maximum absolute atomic E-state index is 14.4. The predicted octanol–water partition coefficient (Wildman–Crippen LogP) is 4.04. The Labute approximate surface area is 186 Å². The maximum Gasteiger partial charge on any atom is 0.324 e. The van der Waals surface area contributed by atoms with Crippen LogP contribution < -0.4 is 20.7 Å². The largest absolute Gasteiger partial charge is 0.423 e. The van der Waals surface area contributed by atoms with Gasteiger partial charge in [0.15, 0.2) is 0 Å². The summed E-state index contributed by atoms with van der Waals surface area (Å²) in [7, 11) is 1.80. The molecule has 166 valence electrons. The van der Waals surface area contributed by atoms with Crippen molar-refractivity contribution in [1.82, 2.24) is 15.0 Å². The van der Waals surface area contributed by atoms with Gasteiger partial charge in [0, 0.05) is 49.0 Å². The molecule has 0 spiro atoms. The number of hydrogen-bond acceptors (Lipinski definition) is 7. The van der Waals surface area contributed by atoms with E-state index in [2.05, 4.69) is 22.1 Å². The first-order valence-electron chi connectivity index (χ1n) is 10.9. The van der Waals surface area contributed by atoms with Crippen LogP contribution in [0, 0.1) is 12.7 Å². The molecule has 32 heavy (non-hydrogen) atoms. The van der Waals surface area contributed by atoms with Gasteiger partial charge >= 0.3 is 6.01 Å². The van der Waals surface area contributed by atoms with Crippen molar-refractivity contribution < 1.29 is 9.13 Å². The Morgan fingerprint density at radius 3 is 2.66 bits per heavy atom. The lowest BCUT2D eigenvalue weighted by molar-refractivity contribution is 0.362. The number of ether oxygens (including phenoxy) is 1. The standard InChI is InChI=1S/C24H27FN6O/c1-14-4-5-16(13-28-14)32-23-29-20-12-17-18(10-15(25)11-19(17)27-3)21(20)22(30-23)31-8-6-24(2,26)7-9-31/h4-5,10-11,13,27H,6-9,12,26H2,1-3H3. The van der Waals surface area contributed by atoms with E-state index < -0.39 is 0 Å². The van der Waals surface area contributed by atoms with Crippen molar-refractivity contribution in [3.8, 4) is 22.9 Å². The van der Waals surface area contributed by atoms with Crippen molar-refractivity contribution in [1.29, 1.82) is 0 Å². The van der Waals surface area contributed by atoms with Gasteiger partial charge in [-0.15, -0.1) is 0 Å². The average Bonchev–Trinajstić information content (AvgIpc) is 3.12. The molecule has 0 saturated carbocycles. The van der Waals surface area contributed by atoms with Crippen molar-refractivity contribution in [3.63, 3.8) is 0 Å². The van der Waals surface area contributed by atoms with E-state index in [0.717, 1.165) is 65.5 Å². The van der Waals surface area contributed by atoms with Crippen LogP contribution in [0.5, 0.6) is 11.8 Å². The predicted molar refractivity (Wildman–Crippen MR) is 123 cm³/mol. The highest BCUT2D eigenvalue weighted by Gasteiger charge is 2.33. The molecule has 1 fully saturated rings. The summed E-state index contributed by atoms with van der Waals surface area (Å²) in [6, 6.07) is 7.10. The van der Waals surface area contributed by atoms with Crippen LogP contribution in [-0.4, -0.2) is 40.6 Å². The third-order valence-corrected chi connectivity index (χ3v) is 6.34. The highest BCUT2D eigenvalue weighted by atomic mass is 19.1. The van der Waals surface area contributed by atoms with Gasteiger partial charge in [-0.1, -0.05) is 0 Å². The van der Waals surface area contributed by atoms with Gasteiger partial charge in [-0.25, -0.2) is 4.39 Å². The number of hydrogen-bond donors (Lipinski definition) is 2. The number of nitrogens with two attached hydrogens (primary N) is 1. The van der Waals surface area contributed by atoms with E-state index in [1.807, 2.05) is 19.1 Å². The number of piperidine rings is 1. The zero-order valence-electron chi connectivity index (χ0n) is 18.6. The van der Waals surface area contributed by atoms with Gasteiger partial charge < -0.3 is 20.7 Å². The number of rotatable bonds is 4. The lowest BCUT2D eigenvalue weighted by Gasteiger charge is -2.38. The highest BCUT2D eigenvalue weighted by Crippen LogP contribution is 2.46. The van der Waals surface area contributed by atoms with Crippen molar-refractivity contribution in [2.45, 2.75) is 38.6 Å². The normalized spacial score (nSPS) is 16.5. The quantitative estimate of drug-likeness (QED) is 0.501. The summed E-state index contributed by atoms with van der Waals surface area (Å²) in [4.78, 5) is 16.0. The van der Waals surface area contributed by atoms with Crippen LogP contribution >= 0.6 is 0 Å². The van der Waals surface area contributed by atoms with Crippen LogP contribution in [0.2, 0.25) is 0 Å². The van der Waals surface area contributed by atoms with Crippen LogP contribution in [0.3, 0.4) is 0 Å². The number of nitrogens with one attached hydrogen (secondary N) is 1. The average molecular weight is 435 g/mol. The van der Waals surface area contributed by atoms with Crippen LogP contribution in [0.15, 0.2) is 30.5 Å². The molecule has 0 amide bonds. The van der Waals surface area contributed by atoms with E-state index in [1.54, 1.807) is 19.3 Å². The van der Waals surface area contributed by atoms with Gasteiger partial charge in [0.1, 0.15) is 17.4 Å². The molecule has 3 heterocycles. The fourth-order valence-corrected chi connectivity index (χ4v) is 4.44. The Balaban J connectivity index is 1.60. The first kappa shape index (κ1) is 20.6. The Kier molecular flexibility index (Phi) is 4.97. The molecule has 1 aliphatic heterocycles. The molecule has 1 aromatic carbocycles. The van der Waals surface area contributed by atoms with Crippen LogP contribution in [0.4, 0.5) is 15.9 Å². The molecule has 0 atom stereocenters. The zero-order valence-corrected chi connectivity index (χ0v) is 18.6. The number of aromatic nitrogens is 3. The number of pyridine rings is 1. The van der Waals surface area contributed by atoms with Crippen LogP contribution in [0.25, 0.3) is 11.1 Å². The summed E-state index contributed by atoms with van der Waals surface area (Å²) in [6.45, 7) is 5.54. The van der Waals surface area contributed by atoms with Gasteiger partial charge in [-0.3, -0.25) is 4.98 Å². The van der Waals surface area contributed by atoms with Gasteiger partial charge in [0.25, 0.3) is 0 Å². The maximum atomic E-state index is 14.4. The van der Waals surface area contributed by atoms with E-state index in [1.165, 1.54) is 6.07 Å². The summed E-state index contributed by atoms with van der Waals surface area (Å²) in [5.41, 5.74) is 11.4. The minimum Gasteiger partial charge on any atom is -0.423 e. The summed E-state index contributed by atoms with van der Waals surface area (Å²) < 4.78 is 20.4. The SMILES string of the molecule is CNc1cc(F)cc2c1Cc1nc(Oc3ccc(C)nc3)nc(N3CCC(C)(N)CC3)c1-2. The van der Waals surface area contributed by atoms with Crippen LogP contribution in [0.1, 0.15) is 36.7 Å². The molecule has 0 bridgehead atoms. The zero-order chi connectivity index (χ0) is 22.5. The van der Waals surface area contributed by atoms with E-state index in [-0.39, 0.29) is 17.4 Å². The summed E-state index contributed by atoms with van der Waals surface area (Å²) in [5.74, 6) is 1.06. The highest BCUT2D eigenvalue weighted by molar-refractivity contribution is 5.88. The van der Waals surface area contributed by atoms with Gasteiger partial charge in [0.05, 0.1) is 11.9 Å². The molecular formula is C24H27FN6O.